The van der Waals surface area contributed by atoms with Crippen molar-refractivity contribution >= 4 is 40.0 Å². The van der Waals surface area contributed by atoms with E-state index in [0.717, 1.165) is 62.6 Å². The normalized spacial score (nSPS) is 25.1. The summed E-state index contributed by atoms with van der Waals surface area (Å²) < 4.78 is 14.3. The summed E-state index contributed by atoms with van der Waals surface area (Å²) in [5.41, 5.74) is 9.76. The van der Waals surface area contributed by atoms with Crippen molar-refractivity contribution < 1.29 is 23.9 Å². The molecule has 2 aliphatic heterocycles. The number of hydrazine groups is 1. The second kappa shape index (κ2) is 14.9. The number of cyclic esters (lactones) is 1. The Hall–Kier alpha value is -4.13. The number of hydrogen-bond acceptors (Lipinski definition) is 9. The van der Waals surface area contributed by atoms with Gasteiger partial charge in [-0.2, -0.15) is 0 Å². The summed E-state index contributed by atoms with van der Waals surface area (Å²) in [6, 6.07) is 9.12. The van der Waals surface area contributed by atoms with E-state index in [-0.39, 0.29) is 54.7 Å². The van der Waals surface area contributed by atoms with Gasteiger partial charge in [-0.05, 0) is 74.3 Å². The van der Waals surface area contributed by atoms with Gasteiger partial charge in [0.15, 0.2) is 0 Å². The van der Waals surface area contributed by atoms with Gasteiger partial charge in [0, 0.05) is 71.6 Å². The smallest absolute Gasteiger partial charge is 0.324 e. The molecule has 12 heteroatoms. The average molecular weight is 741 g/mol. The Morgan fingerprint density at radius 2 is 2.00 bits per heavy atom. The van der Waals surface area contributed by atoms with Crippen LogP contribution in [-0.2, 0) is 43.2 Å². The number of carbonyl (C=O) groups is 3. The minimum absolute atomic E-state index is 0.112. The Labute approximate surface area is 315 Å². The zero-order valence-electron chi connectivity index (χ0n) is 31.9. The molecule has 0 spiro atoms. The van der Waals surface area contributed by atoms with Crippen molar-refractivity contribution in [2.24, 2.45) is 23.2 Å². The Morgan fingerprint density at radius 3 is 2.74 bits per heavy atom. The summed E-state index contributed by atoms with van der Waals surface area (Å²) in [6.07, 6.45) is 4.59. The predicted molar refractivity (Wildman–Crippen MR) is 206 cm³/mol. The molecule has 282 valence electrons. The highest BCUT2D eigenvalue weighted by Gasteiger charge is 2.49. The molecule has 0 radical (unpaired) electrons. The van der Waals surface area contributed by atoms with Gasteiger partial charge in [0.05, 0.1) is 34.8 Å². The van der Waals surface area contributed by atoms with Crippen LogP contribution >= 0.6 is 11.3 Å². The molecule has 6 bridgehead atoms. The number of benzene rings is 1. The SMILES string of the molecule is CCCn1c(-c2cccnc2[C@H](C)OC)c2c3cc(ccc31)-c1csc(n1)C[C@H](NC(=O)[C@H]1[C@H](C)[C@@H]1C)C(=O)N1CCC[C@H](N1)C(=O)OCC(C)(C)C2. The summed E-state index contributed by atoms with van der Waals surface area (Å²) in [7, 11) is 1.71. The molecule has 4 aromatic rings. The molecule has 1 aromatic carbocycles. The molecule has 53 heavy (non-hydrogen) atoms. The first-order chi connectivity index (χ1) is 25.4. The topological polar surface area (TPSA) is 128 Å². The second-order valence-corrected chi connectivity index (χ2v) is 16.9. The zero-order valence-corrected chi connectivity index (χ0v) is 32.7. The number of nitrogens with zero attached hydrogens (tertiary/aromatic N) is 4. The van der Waals surface area contributed by atoms with Crippen molar-refractivity contribution in [2.75, 3.05) is 20.3 Å². The van der Waals surface area contributed by atoms with E-state index in [9.17, 15) is 14.4 Å². The summed E-state index contributed by atoms with van der Waals surface area (Å²) in [6.45, 7) is 14.0. The van der Waals surface area contributed by atoms with Crippen molar-refractivity contribution in [1.82, 2.24) is 30.3 Å². The van der Waals surface area contributed by atoms with Crippen molar-refractivity contribution in [1.29, 1.82) is 0 Å². The van der Waals surface area contributed by atoms with E-state index in [4.69, 9.17) is 19.4 Å². The quantitative estimate of drug-likeness (QED) is 0.206. The number of ether oxygens (including phenoxy) is 2. The fourth-order valence-corrected chi connectivity index (χ4v) is 8.95. The molecule has 1 saturated carbocycles. The third-order valence-electron chi connectivity index (χ3n) is 11.4. The van der Waals surface area contributed by atoms with E-state index in [1.807, 2.05) is 24.6 Å². The van der Waals surface area contributed by atoms with E-state index in [1.165, 1.54) is 16.3 Å². The van der Waals surface area contributed by atoms with Crippen LogP contribution in [0.15, 0.2) is 41.9 Å². The summed E-state index contributed by atoms with van der Waals surface area (Å²) in [4.78, 5) is 51.0. The third-order valence-corrected chi connectivity index (χ3v) is 12.3. The number of rotatable bonds is 7. The average Bonchev–Trinajstić information content (AvgIpc) is 3.42. The van der Waals surface area contributed by atoms with Crippen LogP contribution in [0, 0.1) is 23.2 Å². The Kier molecular flexibility index (Phi) is 10.5. The van der Waals surface area contributed by atoms with E-state index >= 15 is 0 Å². The Bertz CT molecular complexity index is 2010. The fourth-order valence-electron chi connectivity index (χ4n) is 8.10. The molecule has 2 N–H and O–H groups in total. The maximum Gasteiger partial charge on any atom is 0.324 e. The monoisotopic (exact) mass is 740 g/mol. The number of amides is 2. The highest BCUT2D eigenvalue weighted by Crippen LogP contribution is 2.46. The Balaban J connectivity index is 1.36. The second-order valence-electron chi connectivity index (χ2n) is 15.9. The first-order valence-corrected chi connectivity index (χ1v) is 19.9. The molecular weight excluding hydrogens is 689 g/mol. The van der Waals surface area contributed by atoms with Gasteiger partial charge in [0.1, 0.15) is 12.1 Å². The van der Waals surface area contributed by atoms with E-state index in [0.29, 0.717) is 25.8 Å². The zero-order chi connectivity index (χ0) is 37.6. The largest absolute Gasteiger partial charge is 0.464 e. The minimum Gasteiger partial charge on any atom is -0.464 e. The number of methoxy groups -OCH3 is 1. The van der Waals surface area contributed by atoms with Gasteiger partial charge in [-0.1, -0.05) is 40.7 Å². The summed E-state index contributed by atoms with van der Waals surface area (Å²) in [5, 5.41) is 8.47. The lowest BCUT2D eigenvalue weighted by Gasteiger charge is -2.35. The van der Waals surface area contributed by atoms with Gasteiger partial charge >= 0.3 is 5.97 Å². The van der Waals surface area contributed by atoms with Crippen molar-refractivity contribution in [3.8, 4) is 22.5 Å². The maximum absolute atomic E-state index is 14.1. The number of thiazole rings is 1. The number of fused-ring (bicyclic) bond motifs is 6. The van der Waals surface area contributed by atoms with Gasteiger partial charge in [0.2, 0.25) is 5.91 Å². The lowest BCUT2D eigenvalue weighted by Crippen LogP contribution is -2.60. The molecule has 7 rings (SSSR count). The first-order valence-electron chi connectivity index (χ1n) is 19.0. The summed E-state index contributed by atoms with van der Waals surface area (Å²) >= 11 is 1.49. The standard InChI is InChI=1S/C41H52N6O5S/c1-8-16-46-33-14-13-26-18-28(33)29(37(46)27-11-9-15-42-36(27)25(4)51-7)20-41(5,6)22-52-40(50)30-12-10-17-47(45-30)39(49)31(19-34-43-32(26)21-53-34)44-38(48)35-23(2)24(35)3/h9,11,13-15,18,21,23-25,30-31,35,45H,8,10,12,16-17,19-20,22H2,1-7H3,(H,44,48)/t23-,24+,25-,30-,31-,35+/m0/s1. The maximum atomic E-state index is 14.1. The molecule has 3 aliphatic rings. The Morgan fingerprint density at radius 1 is 1.21 bits per heavy atom. The lowest BCUT2D eigenvalue weighted by atomic mass is 9.84. The number of esters is 1. The number of nitrogens with one attached hydrogen (secondary N) is 2. The highest BCUT2D eigenvalue weighted by molar-refractivity contribution is 7.10. The van der Waals surface area contributed by atoms with Crippen LogP contribution in [0.4, 0.5) is 0 Å². The fraction of sp³-hybridized carbons (Fsp3) is 0.537. The first kappa shape index (κ1) is 37.2. The molecule has 2 fully saturated rings. The third kappa shape index (κ3) is 7.37. The van der Waals surface area contributed by atoms with E-state index < -0.39 is 17.5 Å². The molecule has 1 saturated heterocycles. The van der Waals surface area contributed by atoms with Crippen LogP contribution in [0.3, 0.4) is 0 Å². The van der Waals surface area contributed by atoms with Crippen LogP contribution in [-0.4, -0.2) is 69.7 Å². The van der Waals surface area contributed by atoms with E-state index in [1.54, 1.807) is 7.11 Å². The minimum atomic E-state index is -0.829. The molecular formula is C41H52N6O5S. The number of hydrogen-bond donors (Lipinski definition) is 2. The molecule has 11 nitrogen and oxygen atoms in total. The number of aromatic nitrogens is 3. The van der Waals surface area contributed by atoms with Crippen molar-refractivity contribution in [3.63, 3.8) is 0 Å². The van der Waals surface area contributed by atoms with Crippen molar-refractivity contribution in [3.05, 3.63) is 58.2 Å². The molecule has 1 aliphatic carbocycles. The van der Waals surface area contributed by atoms with Gasteiger partial charge in [-0.3, -0.25) is 24.4 Å². The highest BCUT2D eigenvalue weighted by atomic mass is 32.1. The molecule has 3 aromatic heterocycles. The van der Waals surface area contributed by atoms with Gasteiger partial charge in [0.25, 0.3) is 5.91 Å². The number of aryl methyl sites for hydroxylation is 1. The van der Waals surface area contributed by atoms with Crippen molar-refractivity contribution in [2.45, 2.75) is 98.4 Å². The lowest BCUT2D eigenvalue weighted by molar-refractivity contribution is -0.155. The predicted octanol–water partition coefficient (Wildman–Crippen LogP) is 6.49. The van der Waals surface area contributed by atoms with Gasteiger partial charge < -0.3 is 19.4 Å². The van der Waals surface area contributed by atoms with Crippen LogP contribution in [0.1, 0.15) is 83.2 Å². The summed E-state index contributed by atoms with van der Waals surface area (Å²) in [5.74, 6) is -0.347. The van der Waals surface area contributed by atoms with Crippen LogP contribution in [0.2, 0.25) is 0 Å². The van der Waals surface area contributed by atoms with Gasteiger partial charge in [-0.15, -0.1) is 11.3 Å². The van der Waals surface area contributed by atoms with Crippen LogP contribution < -0.4 is 10.7 Å². The van der Waals surface area contributed by atoms with Crippen LogP contribution in [0.25, 0.3) is 33.4 Å². The molecule has 0 unspecified atom stereocenters. The molecule has 2 amide bonds. The molecule has 5 heterocycles. The van der Waals surface area contributed by atoms with Gasteiger partial charge in [-0.25, -0.2) is 10.4 Å². The number of pyridine rings is 1. The van der Waals surface area contributed by atoms with Crippen LogP contribution in [0.5, 0.6) is 0 Å². The van der Waals surface area contributed by atoms with E-state index in [2.05, 4.69) is 74.2 Å². The molecule has 6 atom stereocenters. The number of carbonyl (C=O) groups excluding carboxylic acids is 3.